The van der Waals surface area contributed by atoms with Crippen LogP contribution >= 0.6 is 0 Å². The summed E-state index contributed by atoms with van der Waals surface area (Å²) in [5.74, 6) is 0.139. The van der Waals surface area contributed by atoms with Gasteiger partial charge in [-0.3, -0.25) is 9.69 Å². The monoisotopic (exact) mass is 498 g/mol. The maximum absolute atomic E-state index is 13.6. The van der Waals surface area contributed by atoms with Crippen molar-refractivity contribution in [3.05, 3.63) is 71.8 Å². The molecule has 2 saturated heterocycles. The van der Waals surface area contributed by atoms with Crippen LogP contribution in [0.1, 0.15) is 35.1 Å². The number of carbonyl (C=O) groups is 1. The molecule has 4 aromatic rings. The second kappa shape index (κ2) is 9.12. The van der Waals surface area contributed by atoms with Crippen LogP contribution in [0.4, 0.5) is 0 Å². The predicted molar refractivity (Wildman–Crippen MR) is 130 cm³/mol. The Morgan fingerprint density at radius 1 is 0.919 bits per heavy atom. The molecule has 0 saturated carbocycles. The number of aromatic nitrogens is 8. The molecule has 37 heavy (non-hydrogen) atoms. The highest BCUT2D eigenvalue weighted by Crippen LogP contribution is 2.36. The lowest BCUT2D eigenvalue weighted by atomic mass is 9.98. The third-order valence-electron chi connectivity index (χ3n) is 7.78. The van der Waals surface area contributed by atoms with Gasteiger partial charge in [0.05, 0.1) is 36.0 Å². The second-order valence-corrected chi connectivity index (χ2v) is 9.83. The van der Waals surface area contributed by atoms with Crippen LogP contribution in [0.5, 0.6) is 0 Å². The molecule has 1 amide bonds. The van der Waals surface area contributed by atoms with Crippen LogP contribution in [0.2, 0.25) is 0 Å². The molecule has 2 fully saturated rings. The molecule has 3 atom stereocenters. The number of tetrazole rings is 2. The minimum atomic E-state index is -0.0873. The van der Waals surface area contributed by atoms with Crippen molar-refractivity contribution in [1.82, 2.24) is 50.2 Å². The number of morpholine rings is 1. The van der Waals surface area contributed by atoms with E-state index in [4.69, 9.17) is 4.74 Å². The molecule has 0 spiro atoms. The van der Waals surface area contributed by atoms with Crippen LogP contribution in [0.25, 0.3) is 11.4 Å². The lowest BCUT2D eigenvalue weighted by molar-refractivity contribution is -0.141. The molecule has 12 heteroatoms. The molecule has 2 aliphatic heterocycles. The zero-order valence-corrected chi connectivity index (χ0v) is 20.2. The molecule has 2 aromatic carbocycles. The van der Waals surface area contributed by atoms with E-state index in [2.05, 4.69) is 60.2 Å². The van der Waals surface area contributed by atoms with E-state index in [-0.39, 0.29) is 24.0 Å². The fourth-order valence-corrected chi connectivity index (χ4v) is 5.84. The van der Waals surface area contributed by atoms with Crippen molar-refractivity contribution < 1.29 is 9.53 Å². The third kappa shape index (κ3) is 4.07. The lowest BCUT2D eigenvalue weighted by Crippen LogP contribution is -2.60. The normalized spacial score (nSPS) is 23.6. The van der Waals surface area contributed by atoms with Crippen molar-refractivity contribution in [3.8, 4) is 11.4 Å². The molecule has 0 bridgehead atoms. The molecule has 4 heterocycles. The molecule has 12 nitrogen and oxygen atoms in total. The average Bonchev–Trinajstić information content (AvgIpc) is 3.74. The molecule has 0 radical (unpaired) electrons. The Morgan fingerprint density at radius 3 is 2.51 bits per heavy atom. The highest BCUT2D eigenvalue weighted by atomic mass is 16.5. The Kier molecular flexibility index (Phi) is 5.47. The number of fused-ring (bicyclic) bond motifs is 2. The number of amides is 1. The summed E-state index contributed by atoms with van der Waals surface area (Å²) in [6, 6.07) is 14.5. The summed E-state index contributed by atoms with van der Waals surface area (Å²) in [5.41, 5.74) is 5.27. The molecular weight excluding hydrogens is 472 g/mol. The first kappa shape index (κ1) is 22.2. The number of hydrogen-bond donors (Lipinski definition) is 0. The number of benzene rings is 2. The molecule has 2 aromatic heterocycles. The highest BCUT2D eigenvalue weighted by molar-refractivity contribution is 5.85. The van der Waals surface area contributed by atoms with Crippen molar-refractivity contribution in [2.24, 2.45) is 0 Å². The Labute approximate surface area is 212 Å². The number of piperazine rings is 1. The van der Waals surface area contributed by atoms with Crippen LogP contribution in [-0.2, 0) is 16.0 Å². The zero-order chi connectivity index (χ0) is 24.8. The van der Waals surface area contributed by atoms with E-state index in [9.17, 15) is 4.79 Å². The number of rotatable bonds is 4. The Hall–Kier alpha value is -4.03. The van der Waals surface area contributed by atoms with Gasteiger partial charge in [0.2, 0.25) is 5.91 Å². The minimum absolute atomic E-state index is 0.0222. The quantitative estimate of drug-likeness (QED) is 0.405. The number of aryl methyl sites for hydroxylation is 1. The first-order chi connectivity index (χ1) is 18.2. The van der Waals surface area contributed by atoms with Gasteiger partial charge in [0, 0.05) is 26.2 Å². The fraction of sp³-hybridized carbons (Fsp3) is 0.400. The Balaban J connectivity index is 1.01. The van der Waals surface area contributed by atoms with Crippen LogP contribution in [0.15, 0.2) is 55.1 Å². The number of nitrogens with zero attached hydrogens (tertiary/aromatic N) is 10. The van der Waals surface area contributed by atoms with Crippen LogP contribution in [-0.4, -0.2) is 94.9 Å². The topological polar surface area (TPSA) is 120 Å². The van der Waals surface area contributed by atoms with Gasteiger partial charge in [0.15, 0.2) is 0 Å². The van der Waals surface area contributed by atoms with Crippen molar-refractivity contribution in [3.63, 3.8) is 0 Å². The first-order valence-corrected chi connectivity index (χ1v) is 12.6. The summed E-state index contributed by atoms with van der Waals surface area (Å²) in [6.45, 7) is 3.69. The molecule has 0 N–H and O–H groups in total. The standard InChI is InChI=1S/C25H26N10O2/c36-25(23-6-4-17-10-20(5-7-22(17)23)35-16-27-29-31-35)33-9-8-32-13-24(37-14-21(32)12-33)18-2-1-3-19(11-18)34-15-26-28-30-34/h1-3,5,7,10-11,15-16,21,23-24H,4,6,8-9,12-14H2/t21-,23?,24-/m0/s1. The van der Waals surface area contributed by atoms with Crippen molar-refractivity contribution >= 4 is 5.91 Å². The van der Waals surface area contributed by atoms with Gasteiger partial charge >= 0.3 is 0 Å². The number of ether oxygens (including phenoxy) is 1. The summed E-state index contributed by atoms with van der Waals surface area (Å²) in [4.78, 5) is 18.1. The van der Waals surface area contributed by atoms with E-state index in [0.717, 1.165) is 55.0 Å². The van der Waals surface area contributed by atoms with E-state index >= 15 is 0 Å². The van der Waals surface area contributed by atoms with Gasteiger partial charge < -0.3 is 9.64 Å². The molecule has 188 valence electrons. The number of hydrogen-bond acceptors (Lipinski definition) is 9. The van der Waals surface area contributed by atoms with Gasteiger partial charge in [-0.15, -0.1) is 10.2 Å². The smallest absolute Gasteiger partial charge is 0.230 e. The van der Waals surface area contributed by atoms with Gasteiger partial charge in [0.25, 0.3) is 0 Å². The SMILES string of the molecule is O=C(C1CCc2cc(-n3cnnn3)ccc21)N1CCN2C[C@@H](c3cccc(-n4cnnn4)c3)OC[C@@H]2C1. The molecular formula is C25H26N10O2. The summed E-state index contributed by atoms with van der Waals surface area (Å²) in [7, 11) is 0. The van der Waals surface area contributed by atoms with E-state index in [1.54, 1.807) is 22.0 Å². The van der Waals surface area contributed by atoms with Crippen LogP contribution < -0.4 is 0 Å². The molecule has 1 unspecified atom stereocenters. The second-order valence-electron chi connectivity index (χ2n) is 9.83. The largest absolute Gasteiger partial charge is 0.370 e. The molecule has 7 rings (SSSR count). The van der Waals surface area contributed by atoms with Crippen LogP contribution in [0.3, 0.4) is 0 Å². The fourth-order valence-electron chi connectivity index (χ4n) is 5.84. The van der Waals surface area contributed by atoms with Crippen molar-refractivity contribution in [2.75, 3.05) is 32.8 Å². The predicted octanol–water partition coefficient (Wildman–Crippen LogP) is 0.952. The van der Waals surface area contributed by atoms with E-state index in [1.807, 2.05) is 23.1 Å². The summed E-state index contributed by atoms with van der Waals surface area (Å²) in [5, 5.41) is 22.8. The highest BCUT2D eigenvalue weighted by Gasteiger charge is 2.39. The summed E-state index contributed by atoms with van der Waals surface area (Å²) >= 11 is 0. The Morgan fingerprint density at radius 2 is 1.73 bits per heavy atom. The minimum Gasteiger partial charge on any atom is -0.370 e. The van der Waals surface area contributed by atoms with E-state index in [0.29, 0.717) is 13.2 Å². The summed E-state index contributed by atoms with van der Waals surface area (Å²) < 4.78 is 9.60. The molecule has 1 aliphatic carbocycles. The zero-order valence-electron chi connectivity index (χ0n) is 20.2. The third-order valence-corrected chi connectivity index (χ3v) is 7.78. The van der Waals surface area contributed by atoms with Gasteiger partial charge in [0.1, 0.15) is 12.7 Å². The Bertz CT molecular complexity index is 1410. The van der Waals surface area contributed by atoms with Crippen molar-refractivity contribution in [2.45, 2.75) is 30.9 Å². The van der Waals surface area contributed by atoms with Gasteiger partial charge in [-0.25, -0.2) is 9.36 Å². The average molecular weight is 499 g/mol. The van der Waals surface area contributed by atoms with E-state index in [1.165, 1.54) is 5.56 Å². The number of carbonyl (C=O) groups excluding carboxylic acids is 1. The van der Waals surface area contributed by atoms with Crippen molar-refractivity contribution in [1.29, 1.82) is 0 Å². The maximum Gasteiger partial charge on any atom is 0.230 e. The maximum atomic E-state index is 13.6. The van der Waals surface area contributed by atoms with E-state index < -0.39 is 0 Å². The van der Waals surface area contributed by atoms with Gasteiger partial charge in [-0.1, -0.05) is 18.2 Å². The van der Waals surface area contributed by atoms with Gasteiger partial charge in [-0.2, -0.15) is 0 Å². The molecule has 3 aliphatic rings. The lowest BCUT2D eigenvalue weighted by Gasteiger charge is -2.46. The van der Waals surface area contributed by atoms with Crippen LogP contribution in [0, 0.1) is 0 Å². The van der Waals surface area contributed by atoms with Gasteiger partial charge in [-0.05, 0) is 74.7 Å². The first-order valence-electron chi connectivity index (χ1n) is 12.6. The summed E-state index contributed by atoms with van der Waals surface area (Å²) in [6.07, 6.45) is 4.88.